The molecule has 0 spiro atoms. The van der Waals surface area contributed by atoms with Gasteiger partial charge in [0.05, 0.1) is 6.20 Å². The predicted octanol–water partition coefficient (Wildman–Crippen LogP) is 2.23. The molecule has 1 saturated heterocycles. The van der Waals surface area contributed by atoms with Gasteiger partial charge in [-0.15, -0.1) is 11.8 Å². The van der Waals surface area contributed by atoms with Crippen LogP contribution >= 0.6 is 23.5 Å². The second-order valence-electron chi connectivity index (χ2n) is 7.18. The van der Waals surface area contributed by atoms with E-state index < -0.39 is 35.0 Å². The fourth-order valence-corrected chi connectivity index (χ4v) is 4.67. The molecule has 2 aliphatic heterocycles. The highest BCUT2D eigenvalue weighted by atomic mass is 32.2. The van der Waals surface area contributed by atoms with Crippen LogP contribution in [-0.2, 0) is 14.3 Å². The van der Waals surface area contributed by atoms with Gasteiger partial charge < -0.3 is 15.2 Å². The first kappa shape index (κ1) is 21.2. The Labute approximate surface area is 176 Å². The second kappa shape index (κ2) is 8.46. The molecule has 2 N–H and O–H groups in total. The summed E-state index contributed by atoms with van der Waals surface area (Å²) in [5.41, 5.74) is -0.252. The van der Waals surface area contributed by atoms with Gasteiger partial charge in [-0.25, -0.2) is 14.6 Å². The molecule has 1 fully saturated rings. The lowest BCUT2D eigenvalue weighted by molar-refractivity contribution is -0.149. The minimum atomic E-state index is -1.19. The highest BCUT2D eigenvalue weighted by Gasteiger charge is 2.54. The largest absolute Gasteiger partial charge is 0.477 e. The number of carbonyl (C=O) groups is 3. The molecule has 3 heterocycles. The average Bonchev–Trinajstić information content (AvgIpc) is 2.65. The van der Waals surface area contributed by atoms with Crippen molar-refractivity contribution < 1.29 is 24.2 Å². The third-order valence-electron chi connectivity index (χ3n) is 3.87. The summed E-state index contributed by atoms with van der Waals surface area (Å²) in [6.07, 6.45) is 5.68. The number of carboxylic acids is 1. The molecular formula is C18H20N4O5S2. The molecule has 2 atom stereocenters. The van der Waals surface area contributed by atoms with Crippen LogP contribution in [0.2, 0.25) is 0 Å². The van der Waals surface area contributed by atoms with Crippen molar-refractivity contribution >= 4 is 41.5 Å². The van der Waals surface area contributed by atoms with Crippen molar-refractivity contribution in [3.05, 3.63) is 41.3 Å². The van der Waals surface area contributed by atoms with Gasteiger partial charge in [-0.2, -0.15) is 0 Å². The first-order chi connectivity index (χ1) is 13.7. The quantitative estimate of drug-likeness (QED) is 0.528. The van der Waals surface area contributed by atoms with Gasteiger partial charge in [0.1, 0.15) is 27.7 Å². The van der Waals surface area contributed by atoms with E-state index in [1.807, 2.05) is 0 Å². The number of fused-ring (bicyclic) bond motifs is 1. The number of thioether (sulfide) groups is 2. The van der Waals surface area contributed by atoms with Crippen LogP contribution in [0, 0.1) is 0 Å². The Hall–Kier alpha value is -2.53. The molecule has 1 aromatic rings. The Morgan fingerprint density at radius 1 is 1.41 bits per heavy atom. The Bertz CT molecular complexity index is 882. The van der Waals surface area contributed by atoms with Crippen LogP contribution in [0.3, 0.4) is 0 Å². The maximum atomic E-state index is 12.6. The van der Waals surface area contributed by atoms with Crippen molar-refractivity contribution in [2.45, 2.75) is 42.8 Å². The van der Waals surface area contributed by atoms with Crippen molar-refractivity contribution in [1.82, 2.24) is 20.2 Å². The van der Waals surface area contributed by atoms with Gasteiger partial charge >= 0.3 is 12.1 Å². The lowest BCUT2D eigenvalue weighted by Gasteiger charge is -2.49. The first-order valence-corrected chi connectivity index (χ1v) is 10.6. The van der Waals surface area contributed by atoms with Crippen molar-refractivity contribution in [1.29, 1.82) is 0 Å². The number of allylic oxidation sites excluding steroid dienone is 1. The molecule has 0 aliphatic carbocycles. The molecule has 0 aromatic carbocycles. The molecule has 29 heavy (non-hydrogen) atoms. The van der Waals surface area contributed by atoms with E-state index in [1.165, 1.54) is 28.4 Å². The highest BCUT2D eigenvalue weighted by Crippen LogP contribution is 2.41. The van der Waals surface area contributed by atoms with Crippen LogP contribution in [0.1, 0.15) is 20.8 Å². The summed E-state index contributed by atoms with van der Waals surface area (Å²) < 4.78 is 5.18. The zero-order valence-electron chi connectivity index (χ0n) is 16.0. The summed E-state index contributed by atoms with van der Waals surface area (Å²) in [7, 11) is 0. The molecule has 154 valence electrons. The van der Waals surface area contributed by atoms with Gasteiger partial charge in [-0.3, -0.25) is 14.7 Å². The average molecular weight is 437 g/mol. The molecule has 1 aromatic heterocycles. The number of amides is 2. The number of ether oxygens (including phenoxy) is 1. The van der Waals surface area contributed by atoms with Gasteiger partial charge in [-0.1, -0.05) is 11.8 Å². The van der Waals surface area contributed by atoms with E-state index in [0.29, 0.717) is 16.4 Å². The highest BCUT2D eigenvalue weighted by molar-refractivity contribution is 8.02. The number of aliphatic carboxylic acids is 1. The Balaban J connectivity index is 1.71. The summed E-state index contributed by atoms with van der Waals surface area (Å²) in [5.74, 6) is -1.28. The standard InChI is InChI=1S/C18H20N4O5S2/c1-18(2,3)27-17(26)21-12-14(23)22-13(16(24)25)10(9-29-15(12)22)4-7-28-11-8-19-5-6-20-11/h4-8,12,15H,9H2,1-3H3,(H,21,26)(H,24,25)/b7-4+/t12?,15-/m1/s1. The van der Waals surface area contributed by atoms with E-state index >= 15 is 0 Å². The molecule has 0 bridgehead atoms. The molecule has 9 nitrogen and oxygen atoms in total. The van der Waals surface area contributed by atoms with Crippen LogP contribution in [0.15, 0.2) is 46.4 Å². The van der Waals surface area contributed by atoms with Crippen molar-refractivity contribution in [2.24, 2.45) is 0 Å². The van der Waals surface area contributed by atoms with Crippen LogP contribution in [0.4, 0.5) is 4.79 Å². The summed E-state index contributed by atoms with van der Waals surface area (Å²) >= 11 is 2.68. The van der Waals surface area contributed by atoms with Crippen LogP contribution in [0.5, 0.6) is 0 Å². The van der Waals surface area contributed by atoms with E-state index in [4.69, 9.17) is 4.74 Å². The van der Waals surface area contributed by atoms with Gasteiger partial charge in [0, 0.05) is 18.1 Å². The van der Waals surface area contributed by atoms with E-state index in [2.05, 4.69) is 15.3 Å². The second-order valence-corrected chi connectivity index (χ2v) is 9.21. The molecule has 0 radical (unpaired) electrons. The fourth-order valence-electron chi connectivity index (χ4n) is 2.74. The summed E-state index contributed by atoms with van der Waals surface area (Å²) in [6.45, 7) is 5.17. The lowest BCUT2D eigenvalue weighted by Crippen LogP contribution is -2.70. The zero-order chi connectivity index (χ0) is 21.2. The molecular weight excluding hydrogens is 416 g/mol. The van der Waals surface area contributed by atoms with Crippen LogP contribution in [-0.4, -0.2) is 60.7 Å². The van der Waals surface area contributed by atoms with Crippen LogP contribution < -0.4 is 5.32 Å². The summed E-state index contributed by atoms with van der Waals surface area (Å²) in [6, 6.07) is -0.816. The van der Waals surface area contributed by atoms with Gasteiger partial charge in [0.25, 0.3) is 5.91 Å². The third-order valence-corrected chi connectivity index (χ3v) is 5.90. The first-order valence-electron chi connectivity index (χ1n) is 8.67. The minimum absolute atomic E-state index is 0.0722. The molecule has 0 saturated carbocycles. The van der Waals surface area contributed by atoms with Gasteiger partial charge in [0.2, 0.25) is 0 Å². The smallest absolute Gasteiger partial charge is 0.408 e. The molecule has 3 rings (SSSR count). The van der Waals surface area contributed by atoms with E-state index in [9.17, 15) is 19.5 Å². The molecule has 11 heteroatoms. The van der Waals surface area contributed by atoms with E-state index in [1.54, 1.807) is 50.8 Å². The minimum Gasteiger partial charge on any atom is -0.477 e. The number of nitrogens with zero attached hydrogens (tertiary/aromatic N) is 3. The predicted molar refractivity (Wildman–Crippen MR) is 108 cm³/mol. The Morgan fingerprint density at radius 3 is 2.79 bits per heavy atom. The zero-order valence-corrected chi connectivity index (χ0v) is 17.6. The van der Waals surface area contributed by atoms with Crippen LogP contribution in [0.25, 0.3) is 0 Å². The SMILES string of the molecule is CC(C)(C)OC(=O)NC1C(=O)N2C(C(=O)O)=C(/C=C/Sc3cnccn3)CS[C@H]12. The van der Waals surface area contributed by atoms with Crippen molar-refractivity contribution in [2.75, 3.05) is 5.75 Å². The fraction of sp³-hybridized carbons (Fsp3) is 0.389. The lowest BCUT2D eigenvalue weighted by atomic mass is 10.0. The number of rotatable bonds is 5. The molecule has 1 unspecified atom stereocenters. The topological polar surface area (TPSA) is 122 Å². The van der Waals surface area contributed by atoms with Crippen molar-refractivity contribution in [3.63, 3.8) is 0 Å². The van der Waals surface area contributed by atoms with Crippen molar-refractivity contribution in [3.8, 4) is 0 Å². The number of hydrogen-bond acceptors (Lipinski definition) is 8. The van der Waals surface area contributed by atoms with Gasteiger partial charge in [-0.05, 0) is 37.8 Å². The summed E-state index contributed by atoms with van der Waals surface area (Å²) in [5, 5.41) is 14.1. The Kier molecular flexibility index (Phi) is 6.18. The third kappa shape index (κ3) is 4.91. The number of aromatic nitrogens is 2. The van der Waals surface area contributed by atoms with Gasteiger partial charge in [0.15, 0.2) is 0 Å². The summed E-state index contributed by atoms with van der Waals surface area (Å²) in [4.78, 5) is 45.6. The monoisotopic (exact) mass is 436 g/mol. The molecule has 2 amide bonds. The molecule has 2 aliphatic rings. The number of carbonyl (C=O) groups excluding carboxylic acids is 2. The maximum Gasteiger partial charge on any atom is 0.408 e. The number of carboxylic acid groups (broad SMARTS) is 1. The number of β-lactam (4-membered cyclic amide) rings is 1. The van der Waals surface area contributed by atoms with E-state index in [-0.39, 0.29) is 5.70 Å². The number of nitrogens with one attached hydrogen (secondary N) is 1. The number of alkyl carbamates (subject to hydrolysis) is 1. The Morgan fingerprint density at radius 2 is 2.17 bits per heavy atom. The van der Waals surface area contributed by atoms with E-state index in [0.717, 1.165) is 0 Å². The normalized spacial score (nSPS) is 21.6. The number of hydrogen-bond donors (Lipinski definition) is 2. The maximum absolute atomic E-state index is 12.6.